The molecule has 106 valence electrons. The molecule has 1 aromatic heterocycles. The van der Waals surface area contributed by atoms with Crippen LogP contribution in [-0.4, -0.2) is 4.99 Å². The highest BCUT2D eigenvalue weighted by Crippen LogP contribution is 2.31. The fourth-order valence-corrected chi connectivity index (χ4v) is 3.86. The number of anilines is 1. The Morgan fingerprint density at radius 2 is 2.10 bits per heavy atom. The summed E-state index contributed by atoms with van der Waals surface area (Å²) in [5, 5.41) is 4.03. The average Bonchev–Trinajstić information content (AvgIpc) is 2.68. The molecule has 0 saturated carbocycles. The number of hydrogen-bond acceptors (Lipinski definition) is 3. The van der Waals surface area contributed by atoms with E-state index < -0.39 is 0 Å². The highest BCUT2D eigenvalue weighted by molar-refractivity contribution is 7.80. The fourth-order valence-electron chi connectivity index (χ4n) is 2.29. The van der Waals surface area contributed by atoms with Gasteiger partial charge in [0.15, 0.2) is 0 Å². The van der Waals surface area contributed by atoms with E-state index in [9.17, 15) is 0 Å². The molecule has 0 spiro atoms. The van der Waals surface area contributed by atoms with Gasteiger partial charge in [-0.05, 0) is 44.5 Å². The number of halogens is 1. The van der Waals surface area contributed by atoms with Crippen molar-refractivity contribution in [2.45, 2.75) is 26.8 Å². The lowest BCUT2D eigenvalue weighted by Crippen LogP contribution is -2.15. The van der Waals surface area contributed by atoms with Gasteiger partial charge in [-0.2, -0.15) is 0 Å². The van der Waals surface area contributed by atoms with Crippen molar-refractivity contribution in [1.82, 2.24) is 0 Å². The molecule has 3 N–H and O–H groups in total. The summed E-state index contributed by atoms with van der Waals surface area (Å²) in [6, 6.07) is 8.02. The third kappa shape index (κ3) is 3.14. The summed E-state index contributed by atoms with van der Waals surface area (Å²) in [7, 11) is 0. The van der Waals surface area contributed by atoms with E-state index in [1.54, 1.807) is 17.4 Å². The van der Waals surface area contributed by atoms with Crippen LogP contribution in [0.5, 0.6) is 0 Å². The molecule has 0 aliphatic carbocycles. The normalized spacial score (nSPS) is 12.2. The summed E-state index contributed by atoms with van der Waals surface area (Å²) >= 11 is 13.1. The number of nitrogens with one attached hydrogen (secondary N) is 1. The van der Waals surface area contributed by atoms with Crippen LogP contribution in [0.15, 0.2) is 24.3 Å². The Balaban J connectivity index is 2.33. The molecule has 1 heterocycles. The van der Waals surface area contributed by atoms with E-state index in [0.717, 1.165) is 5.69 Å². The van der Waals surface area contributed by atoms with E-state index in [4.69, 9.17) is 29.6 Å². The smallest absolute Gasteiger partial charge is 0.107 e. The van der Waals surface area contributed by atoms with Crippen molar-refractivity contribution >= 4 is 45.8 Å². The molecular weight excluding hydrogens is 308 g/mol. The van der Waals surface area contributed by atoms with E-state index >= 15 is 0 Å². The lowest BCUT2D eigenvalue weighted by molar-refractivity contribution is 0.881. The molecule has 0 bridgehead atoms. The van der Waals surface area contributed by atoms with Gasteiger partial charge in [0, 0.05) is 21.5 Å². The zero-order chi connectivity index (χ0) is 14.9. The van der Waals surface area contributed by atoms with Crippen LogP contribution < -0.4 is 11.1 Å². The molecule has 2 nitrogen and oxygen atoms in total. The van der Waals surface area contributed by atoms with Crippen LogP contribution in [0.1, 0.15) is 33.8 Å². The van der Waals surface area contributed by atoms with Gasteiger partial charge in [0.2, 0.25) is 0 Å². The first kappa shape index (κ1) is 15.3. The molecule has 2 rings (SSSR count). The lowest BCUT2D eigenvalue weighted by Gasteiger charge is -2.18. The minimum atomic E-state index is 0.173. The van der Waals surface area contributed by atoms with Gasteiger partial charge in [-0.15, -0.1) is 11.3 Å². The van der Waals surface area contributed by atoms with E-state index in [1.165, 1.54) is 15.3 Å². The van der Waals surface area contributed by atoms with Crippen LogP contribution in [0.25, 0.3) is 0 Å². The predicted octanol–water partition coefficient (Wildman–Crippen LogP) is 4.83. The second-order valence-electron chi connectivity index (χ2n) is 4.76. The van der Waals surface area contributed by atoms with Gasteiger partial charge < -0.3 is 11.1 Å². The van der Waals surface area contributed by atoms with Crippen LogP contribution in [0.2, 0.25) is 5.02 Å². The third-order valence-corrected chi connectivity index (χ3v) is 4.68. The SMILES string of the molecule is Cc1cc(C(C)Nc2cccc(Cl)c2C(N)=S)c(C)s1. The summed E-state index contributed by atoms with van der Waals surface area (Å²) in [5.74, 6) is 0. The minimum absolute atomic E-state index is 0.173. The largest absolute Gasteiger partial charge is 0.389 e. The van der Waals surface area contributed by atoms with E-state index in [0.29, 0.717) is 15.6 Å². The Labute approximate surface area is 134 Å². The maximum Gasteiger partial charge on any atom is 0.107 e. The second kappa shape index (κ2) is 6.12. The lowest BCUT2D eigenvalue weighted by atomic mass is 10.1. The average molecular weight is 325 g/mol. The summed E-state index contributed by atoms with van der Waals surface area (Å²) < 4.78 is 0. The molecule has 0 radical (unpaired) electrons. The zero-order valence-electron chi connectivity index (χ0n) is 11.7. The quantitative estimate of drug-likeness (QED) is 0.791. The molecule has 5 heteroatoms. The Morgan fingerprint density at radius 1 is 1.40 bits per heavy atom. The first-order valence-corrected chi connectivity index (χ1v) is 7.92. The summed E-state index contributed by atoms with van der Waals surface area (Å²) in [6.07, 6.45) is 0. The molecule has 0 aliphatic rings. The minimum Gasteiger partial charge on any atom is -0.389 e. The molecule has 1 aromatic carbocycles. The molecule has 0 fully saturated rings. The molecular formula is C15H17ClN2S2. The molecule has 2 aromatic rings. The van der Waals surface area contributed by atoms with Gasteiger partial charge in [-0.1, -0.05) is 29.9 Å². The predicted molar refractivity (Wildman–Crippen MR) is 93.2 cm³/mol. The Morgan fingerprint density at radius 3 is 2.65 bits per heavy atom. The van der Waals surface area contributed by atoms with Crippen molar-refractivity contribution in [3.05, 3.63) is 50.2 Å². The monoisotopic (exact) mass is 324 g/mol. The van der Waals surface area contributed by atoms with Gasteiger partial charge in [0.25, 0.3) is 0 Å². The first-order valence-electron chi connectivity index (χ1n) is 6.32. The topological polar surface area (TPSA) is 38.0 Å². The van der Waals surface area contributed by atoms with Gasteiger partial charge in [-0.25, -0.2) is 0 Å². The van der Waals surface area contributed by atoms with Gasteiger partial charge in [-0.3, -0.25) is 0 Å². The number of thiophene rings is 1. The van der Waals surface area contributed by atoms with Crippen molar-refractivity contribution in [1.29, 1.82) is 0 Å². The number of thiocarbonyl (C=S) groups is 1. The van der Waals surface area contributed by atoms with Gasteiger partial charge >= 0.3 is 0 Å². The van der Waals surface area contributed by atoms with Crippen LogP contribution in [0.4, 0.5) is 5.69 Å². The molecule has 1 unspecified atom stereocenters. The van der Waals surface area contributed by atoms with Crippen molar-refractivity contribution in [2.75, 3.05) is 5.32 Å². The Kier molecular flexibility index (Phi) is 4.68. The molecule has 0 saturated heterocycles. The van der Waals surface area contributed by atoms with Crippen molar-refractivity contribution in [2.24, 2.45) is 5.73 Å². The Bertz CT molecular complexity index is 649. The first-order chi connectivity index (χ1) is 9.40. The molecule has 1 atom stereocenters. The van der Waals surface area contributed by atoms with E-state index in [2.05, 4.69) is 32.2 Å². The van der Waals surface area contributed by atoms with Crippen molar-refractivity contribution in [3.63, 3.8) is 0 Å². The van der Waals surface area contributed by atoms with Crippen LogP contribution in [0, 0.1) is 13.8 Å². The maximum absolute atomic E-state index is 6.18. The van der Waals surface area contributed by atoms with Crippen LogP contribution in [-0.2, 0) is 0 Å². The molecule has 0 aliphatic heterocycles. The molecule has 20 heavy (non-hydrogen) atoms. The van der Waals surface area contributed by atoms with Crippen molar-refractivity contribution < 1.29 is 0 Å². The summed E-state index contributed by atoms with van der Waals surface area (Å²) in [4.78, 5) is 2.94. The fraction of sp³-hybridized carbons (Fsp3) is 0.267. The molecule has 0 amide bonds. The highest BCUT2D eigenvalue weighted by atomic mass is 35.5. The van der Waals surface area contributed by atoms with E-state index in [-0.39, 0.29) is 6.04 Å². The zero-order valence-corrected chi connectivity index (χ0v) is 14.0. The number of hydrogen-bond donors (Lipinski definition) is 2. The number of rotatable bonds is 4. The number of nitrogens with two attached hydrogens (primary N) is 1. The van der Waals surface area contributed by atoms with Crippen LogP contribution in [0.3, 0.4) is 0 Å². The number of aryl methyl sites for hydroxylation is 2. The standard InChI is InChI=1S/C15H17ClN2S2/c1-8-7-11(10(3)20-8)9(2)18-13-6-4-5-12(16)14(13)15(17)19/h4-7,9,18H,1-3H3,(H2,17,19). The highest BCUT2D eigenvalue weighted by Gasteiger charge is 2.15. The maximum atomic E-state index is 6.18. The van der Waals surface area contributed by atoms with Crippen molar-refractivity contribution in [3.8, 4) is 0 Å². The van der Waals surface area contributed by atoms with Crippen LogP contribution >= 0.6 is 35.2 Å². The van der Waals surface area contributed by atoms with Gasteiger partial charge in [0.1, 0.15) is 4.99 Å². The second-order valence-corrected chi connectivity index (χ2v) is 7.07. The Hall–Kier alpha value is -1.10. The summed E-state index contributed by atoms with van der Waals surface area (Å²) in [6.45, 7) is 6.38. The van der Waals surface area contributed by atoms with E-state index in [1.807, 2.05) is 12.1 Å². The number of benzene rings is 1. The third-order valence-electron chi connectivity index (χ3n) is 3.18. The van der Waals surface area contributed by atoms with Gasteiger partial charge in [0.05, 0.1) is 10.6 Å². The summed E-state index contributed by atoms with van der Waals surface area (Å²) in [5.41, 5.74) is 8.65.